The number of para-hydroxylation sites is 1. The normalized spacial score (nSPS) is 15.0. The molecule has 0 saturated carbocycles. The fourth-order valence-corrected chi connectivity index (χ4v) is 4.47. The second kappa shape index (κ2) is 9.64. The lowest BCUT2D eigenvalue weighted by Crippen LogP contribution is -2.33. The Hall–Kier alpha value is -3.36. The number of hydrogen-bond acceptors (Lipinski definition) is 6. The average Bonchev–Trinajstić information content (AvgIpc) is 3.26. The van der Waals surface area contributed by atoms with Gasteiger partial charge in [0.2, 0.25) is 0 Å². The molecular weight excluding hydrogens is 464 g/mol. The molecule has 0 atom stereocenters. The van der Waals surface area contributed by atoms with Crippen molar-refractivity contribution >= 4 is 63.2 Å². The number of amides is 2. The predicted molar refractivity (Wildman–Crippen MR) is 127 cm³/mol. The van der Waals surface area contributed by atoms with Crippen LogP contribution in [0.2, 0.25) is 5.02 Å². The van der Waals surface area contributed by atoms with Crippen molar-refractivity contribution < 1.29 is 23.9 Å². The zero-order valence-corrected chi connectivity index (χ0v) is 19.2. The van der Waals surface area contributed by atoms with Crippen molar-refractivity contribution in [2.75, 3.05) is 13.2 Å². The van der Waals surface area contributed by atoms with Crippen molar-refractivity contribution in [3.63, 3.8) is 0 Å². The van der Waals surface area contributed by atoms with Crippen LogP contribution < -0.4 is 0 Å². The highest BCUT2D eigenvalue weighted by molar-refractivity contribution is 8.18. The maximum atomic E-state index is 12.9. The Morgan fingerprint density at radius 2 is 1.79 bits per heavy atom. The van der Waals surface area contributed by atoms with Crippen LogP contribution in [0.4, 0.5) is 4.79 Å². The van der Waals surface area contributed by atoms with E-state index in [1.807, 2.05) is 24.3 Å². The van der Waals surface area contributed by atoms with Gasteiger partial charge in [0.15, 0.2) is 5.78 Å². The molecule has 2 amide bonds. The number of ether oxygens (including phenoxy) is 1. The number of nitrogens with zero attached hydrogens (tertiary/aromatic N) is 2. The summed E-state index contributed by atoms with van der Waals surface area (Å²) in [6, 6.07) is 13.7. The summed E-state index contributed by atoms with van der Waals surface area (Å²) in [7, 11) is 0. The summed E-state index contributed by atoms with van der Waals surface area (Å²) >= 11 is 6.63. The van der Waals surface area contributed by atoms with Gasteiger partial charge in [0, 0.05) is 33.2 Å². The third-order valence-electron chi connectivity index (χ3n) is 5.05. The largest absolute Gasteiger partial charge is 0.465 e. The Bertz CT molecular complexity index is 1300. The van der Waals surface area contributed by atoms with Crippen LogP contribution in [0, 0.1) is 0 Å². The Morgan fingerprint density at radius 1 is 1.06 bits per heavy atom. The van der Waals surface area contributed by atoms with Gasteiger partial charge in [-0.15, -0.1) is 0 Å². The fraction of sp³-hybridized carbons (Fsp3) is 0.167. The van der Waals surface area contributed by atoms with Crippen molar-refractivity contribution in [2.24, 2.45) is 0 Å². The van der Waals surface area contributed by atoms with E-state index in [0.29, 0.717) is 16.1 Å². The van der Waals surface area contributed by atoms with Gasteiger partial charge in [-0.2, -0.15) is 0 Å². The van der Waals surface area contributed by atoms with E-state index in [4.69, 9.17) is 16.3 Å². The van der Waals surface area contributed by atoms with Gasteiger partial charge in [-0.1, -0.05) is 29.8 Å². The number of hydrogen-bond donors (Lipinski definition) is 0. The maximum absolute atomic E-state index is 12.9. The molecule has 0 bridgehead atoms. The van der Waals surface area contributed by atoms with Gasteiger partial charge in [-0.05, 0) is 55.1 Å². The summed E-state index contributed by atoms with van der Waals surface area (Å²) in [4.78, 5) is 51.1. The molecule has 1 aliphatic rings. The molecule has 1 saturated heterocycles. The summed E-state index contributed by atoms with van der Waals surface area (Å²) < 4.78 is 6.78. The maximum Gasteiger partial charge on any atom is 0.325 e. The lowest BCUT2D eigenvalue weighted by molar-refractivity contribution is -0.143. The van der Waals surface area contributed by atoms with E-state index in [1.54, 1.807) is 48.0 Å². The quantitative estimate of drug-likeness (QED) is 0.274. The van der Waals surface area contributed by atoms with Gasteiger partial charge in [0.25, 0.3) is 11.1 Å². The predicted octanol–water partition coefficient (Wildman–Crippen LogP) is 4.78. The van der Waals surface area contributed by atoms with Crippen LogP contribution >= 0.6 is 23.4 Å². The smallest absolute Gasteiger partial charge is 0.325 e. The number of rotatable bonds is 7. The first kappa shape index (κ1) is 22.8. The zero-order valence-electron chi connectivity index (χ0n) is 17.6. The minimum absolute atomic E-state index is 0.0270. The average molecular weight is 483 g/mol. The molecule has 33 heavy (non-hydrogen) atoms. The molecule has 1 aromatic heterocycles. The van der Waals surface area contributed by atoms with Crippen molar-refractivity contribution in [2.45, 2.75) is 13.5 Å². The number of ketones is 1. The van der Waals surface area contributed by atoms with E-state index in [0.717, 1.165) is 27.6 Å². The molecule has 0 spiro atoms. The van der Waals surface area contributed by atoms with Crippen LogP contribution in [0.1, 0.15) is 22.8 Å². The summed E-state index contributed by atoms with van der Waals surface area (Å²) in [6.45, 7) is 1.70. The molecule has 0 aliphatic carbocycles. The topological polar surface area (TPSA) is 85.7 Å². The summed E-state index contributed by atoms with van der Waals surface area (Å²) in [5, 5.41) is 0.803. The highest BCUT2D eigenvalue weighted by atomic mass is 35.5. The van der Waals surface area contributed by atoms with Gasteiger partial charge < -0.3 is 9.30 Å². The first-order valence-electron chi connectivity index (χ1n) is 10.1. The monoisotopic (exact) mass is 482 g/mol. The molecule has 168 valence electrons. The lowest BCUT2D eigenvalue weighted by Gasteiger charge is -2.11. The molecule has 9 heteroatoms. The molecule has 2 aromatic carbocycles. The van der Waals surface area contributed by atoms with E-state index in [1.165, 1.54) is 0 Å². The van der Waals surface area contributed by atoms with Gasteiger partial charge in [0.1, 0.15) is 6.54 Å². The molecule has 0 radical (unpaired) electrons. The van der Waals surface area contributed by atoms with Gasteiger partial charge in [-0.3, -0.25) is 24.1 Å². The van der Waals surface area contributed by atoms with Crippen LogP contribution in [-0.4, -0.2) is 45.5 Å². The number of carbonyl (C=O) groups is 4. The van der Waals surface area contributed by atoms with Crippen molar-refractivity contribution in [3.8, 4) is 0 Å². The van der Waals surface area contributed by atoms with Gasteiger partial charge in [0.05, 0.1) is 18.1 Å². The summed E-state index contributed by atoms with van der Waals surface area (Å²) in [6.07, 6.45) is 3.36. The molecule has 0 N–H and O–H groups in total. The highest BCUT2D eigenvalue weighted by Crippen LogP contribution is 2.34. The van der Waals surface area contributed by atoms with Crippen LogP contribution in [0.5, 0.6) is 0 Å². The van der Waals surface area contributed by atoms with E-state index in [-0.39, 0.29) is 36.4 Å². The van der Waals surface area contributed by atoms with Gasteiger partial charge in [-0.25, -0.2) is 0 Å². The fourth-order valence-electron chi connectivity index (χ4n) is 3.51. The SMILES string of the molecule is CCOC(=O)Cn1cc(/C=C2\SC(=O)N(CC(=O)c3ccc(Cl)cc3)C2=O)c2ccccc21. The number of thioether (sulfide) groups is 1. The number of esters is 1. The van der Waals surface area contributed by atoms with Crippen molar-refractivity contribution in [1.29, 1.82) is 0 Å². The van der Waals surface area contributed by atoms with Crippen LogP contribution in [0.15, 0.2) is 59.6 Å². The number of benzene rings is 2. The highest BCUT2D eigenvalue weighted by Gasteiger charge is 2.36. The van der Waals surface area contributed by atoms with E-state index in [9.17, 15) is 19.2 Å². The number of imide groups is 1. The van der Waals surface area contributed by atoms with E-state index >= 15 is 0 Å². The van der Waals surface area contributed by atoms with Crippen molar-refractivity contribution in [3.05, 3.63) is 75.8 Å². The van der Waals surface area contributed by atoms with Crippen LogP contribution in [0.3, 0.4) is 0 Å². The standard InChI is InChI=1S/C24H19ClN2O5S/c1-2-32-22(29)14-26-12-16(18-5-3-4-6-19(18)26)11-21-23(30)27(24(31)33-21)13-20(28)15-7-9-17(25)10-8-15/h3-12H,2,13-14H2,1H3/b21-11-. The first-order valence-corrected chi connectivity index (χ1v) is 11.3. The minimum Gasteiger partial charge on any atom is -0.465 e. The van der Waals surface area contributed by atoms with Crippen LogP contribution in [0.25, 0.3) is 17.0 Å². The molecule has 2 heterocycles. The number of aromatic nitrogens is 1. The minimum atomic E-state index is -0.533. The van der Waals surface area contributed by atoms with E-state index in [2.05, 4.69) is 0 Å². The molecule has 1 fully saturated rings. The first-order chi connectivity index (χ1) is 15.9. The number of carbonyl (C=O) groups excluding carboxylic acids is 4. The molecule has 0 unspecified atom stereocenters. The number of halogens is 1. The Kier molecular flexibility index (Phi) is 6.67. The van der Waals surface area contributed by atoms with Crippen LogP contribution in [-0.2, 0) is 20.9 Å². The number of Topliss-reactive ketones (excluding diaryl/α,β-unsaturated/α-hetero) is 1. The number of fused-ring (bicyclic) bond motifs is 1. The van der Waals surface area contributed by atoms with Gasteiger partial charge >= 0.3 is 5.97 Å². The molecule has 4 rings (SSSR count). The zero-order chi connectivity index (χ0) is 23.5. The molecule has 1 aliphatic heterocycles. The Balaban J connectivity index is 1.59. The van der Waals surface area contributed by atoms with E-state index < -0.39 is 11.1 Å². The Morgan fingerprint density at radius 3 is 2.52 bits per heavy atom. The molecular formula is C24H19ClN2O5S. The summed E-state index contributed by atoms with van der Waals surface area (Å²) in [5.74, 6) is -1.26. The third-order valence-corrected chi connectivity index (χ3v) is 6.21. The third kappa shape index (κ3) is 4.86. The lowest BCUT2D eigenvalue weighted by atomic mass is 10.1. The molecule has 3 aromatic rings. The molecule has 7 nitrogen and oxygen atoms in total. The second-order valence-corrected chi connectivity index (χ2v) is 8.66. The Labute approximate surface area is 198 Å². The summed E-state index contributed by atoms with van der Waals surface area (Å²) in [5.41, 5.74) is 1.85. The second-order valence-electron chi connectivity index (χ2n) is 7.23. The van der Waals surface area contributed by atoms with Crippen molar-refractivity contribution in [1.82, 2.24) is 9.47 Å².